The summed E-state index contributed by atoms with van der Waals surface area (Å²) < 4.78 is 6.12. The Kier molecular flexibility index (Phi) is 21.7. The van der Waals surface area contributed by atoms with Gasteiger partial charge in [-0.25, -0.2) is 9.97 Å². The zero-order valence-electron chi connectivity index (χ0n) is 30.8. The summed E-state index contributed by atoms with van der Waals surface area (Å²) in [7, 11) is 1.86. The molecule has 256 valence electrons. The van der Waals surface area contributed by atoms with E-state index in [4.69, 9.17) is 4.74 Å². The fourth-order valence-corrected chi connectivity index (χ4v) is 4.34. The predicted molar refractivity (Wildman–Crippen MR) is 193 cm³/mol. The average molecular weight is 645 g/mol. The van der Waals surface area contributed by atoms with Gasteiger partial charge in [-0.05, 0) is 68.4 Å². The van der Waals surface area contributed by atoms with E-state index in [1.807, 2.05) is 70.2 Å². The van der Waals surface area contributed by atoms with Gasteiger partial charge in [-0.3, -0.25) is 9.59 Å². The van der Waals surface area contributed by atoms with Crippen LogP contribution in [-0.2, 0) is 16.1 Å². The molecule has 2 rings (SSSR count). The second-order valence-electron chi connectivity index (χ2n) is 13.1. The highest BCUT2D eigenvalue weighted by Gasteiger charge is 2.22. The first-order valence-corrected chi connectivity index (χ1v) is 18.1. The predicted octanol–water partition coefficient (Wildman–Crippen LogP) is 9.61. The number of hydrogen-bond acceptors (Lipinski definition) is 6. The minimum absolute atomic E-state index is 0.0120. The molecule has 1 aromatic carbocycles. The third-order valence-electron chi connectivity index (χ3n) is 6.96. The van der Waals surface area contributed by atoms with Crippen LogP contribution in [0.5, 0.6) is 0 Å². The van der Waals surface area contributed by atoms with Crippen molar-refractivity contribution in [3.05, 3.63) is 47.3 Å². The molecule has 8 heteroatoms. The summed E-state index contributed by atoms with van der Waals surface area (Å²) >= 11 is 1.46. The van der Waals surface area contributed by atoms with Gasteiger partial charge in [-0.2, -0.15) is 0 Å². The molecule has 2 unspecified atom stereocenters. The van der Waals surface area contributed by atoms with Crippen LogP contribution in [-0.4, -0.2) is 59.2 Å². The third-order valence-corrected chi connectivity index (χ3v) is 7.52. The third kappa shape index (κ3) is 18.3. The Balaban J connectivity index is 0.00000251. The number of rotatable bonds is 16. The molecule has 7 nitrogen and oxygen atoms in total. The second-order valence-corrected chi connectivity index (χ2v) is 13.9. The topological polar surface area (TPSA) is 75.6 Å². The van der Waals surface area contributed by atoms with Crippen LogP contribution in [0.4, 0.5) is 5.69 Å². The van der Waals surface area contributed by atoms with Crippen molar-refractivity contribution >= 4 is 29.3 Å². The normalized spacial score (nSPS) is 12.2. The minimum Gasteiger partial charge on any atom is -0.374 e. The molecule has 1 heterocycles. The summed E-state index contributed by atoms with van der Waals surface area (Å²) in [6.07, 6.45) is 8.89. The molecule has 1 aromatic heterocycles. The Bertz CT molecular complexity index is 1110. The number of amides is 2. The Labute approximate surface area is 280 Å². The van der Waals surface area contributed by atoms with E-state index in [9.17, 15) is 9.59 Å². The van der Waals surface area contributed by atoms with Crippen LogP contribution < -0.4 is 4.90 Å². The van der Waals surface area contributed by atoms with Gasteiger partial charge < -0.3 is 14.5 Å². The van der Waals surface area contributed by atoms with Crippen LogP contribution in [0.15, 0.2) is 35.6 Å². The number of anilines is 1. The Hall–Kier alpha value is -2.45. The van der Waals surface area contributed by atoms with Crippen molar-refractivity contribution < 1.29 is 14.3 Å². The molecule has 2 aromatic rings. The van der Waals surface area contributed by atoms with E-state index < -0.39 is 0 Å². The molecule has 0 spiro atoms. The SMILES string of the molecule is CC.CC(C)(C)C.CCCCC(=O)N(C)CCC(C)OCc1cccc(N(CCC(C)CC)C(=O)c2cnc(SC)nc2C)c1. The van der Waals surface area contributed by atoms with Gasteiger partial charge in [0.05, 0.1) is 24.0 Å². The molecule has 0 saturated carbocycles. The molecule has 45 heavy (non-hydrogen) atoms. The van der Waals surface area contributed by atoms with E-state index in [1.165, 1.54) is 11.8 Å². The Morgan fingerprint density at radius 1 is 1.04 bits per heavy atom. The van der Waals surface area contributed by atoms with E-state index in [2.05, 4.69) is 58.4 Å². The van der Waals surface area contributed by atoms with Crippen LogP contribution in [0.3, 0.4) is 0 Å². The van der Waals surface area contributed by atoms with Crippen molar-refractivity contribution in [1.82, 2.24) is 14.9 Å². The fraction of sp³-hybridized carbons (Fsp3) is 0.676. The number of carbonyl (C=O) groups excluding carboxylic acids is 2. The molecular weight excluding hydrogens is 580 g/mol. The second kappa shape index (κ2) is 23.0. The molecule has 0 aliphatic carbocycles. The number of aromatic nitrogens is 2. The highest BCUT2D eigenvalue weighted by molar-refractivity contribution is 7.98. The number of carbonyl (C=O) groups is 2. The fourth-order valence-electron chi connectivity index (χ4n) is 3.96. The minimum atomic E-state index is -0.0827. The van der Waals surface area contributed by atoms with Crippen LogP contribution >= 0.6 is 11.8 Å². The Morgan fingerprint density at radius 2 is 1.69 bits per heavy atom. The molecule has 2 atom stereocenters. The van der Waals surface area contributed by atoms with Crippen molar-refractivity contribution in [2.75, 3.05) is 31.3 Å². The van der Waals surface area contributed by atoms with Gasteiger partial charge in [0, 0.05) is 38.4 Å². The first-order valence-electron chi connectivity index (χ1n) is 16.8. The first kappa shape index (κ1) is 42.6. The molecule has 0 aliphatic heterocycles. The van der Waals surface area contributed by atoms with Crippen molar-refractivity contribution in [3.63, 3.8) is 0 Å². The number of ether oxygens (including phenoxy) is 1. The molecule has 0 N–H and O–H groups in total. The molecule has 2 amide bonds. The van der Waals surface area contributed by atoms with Gasteiger partial charge in [0.1, 0.15) is 0 Å². The summed E-state index contributed by atoms with van der Waals surface area (Å²) in [6.45, 7) is 24.9. The quantitative estimate of drug-likeness (QED) is 0.134. The van der Waals surface area contributed by atoms with Crippen molar-refractivity contribution in [3.8, 4) is 0 Å². The van der Waals surface area contributed by atoms with Gasteiger partial charge in [0.2, 0.25) is 5.91 Å². The number of benzene rings is 1. The maximum atomic E-state index is 13.7. The lowest BCUT2D eigenvalue weighted by atomic mass is 10.0. The van der Waals surface area contributed by atoms with E-state index in [0.717, 1.165) is 43.4 Å². The molecular formula is C37H64N4O3S. The lowest BCUT2D eigenvalue weighted by Gasteiger charge is -2.25. The molecule has 0 aliphatic rings. The van der Waals surface area contributed by atoms with E-state index in [0.29, 0.717) is 53.9 Å². The molecule has 0 bridgehead atoms. The number of thioether (sulfide) groups is 1. The van der Waals surface area contributed by atoms with Gasteiger partial charge >= 0.3 is 0 Å². The molecule has 0 saturated heterocycles. The van der Waals surface area contributed by atoms with E-state index >= 15 is 0 Å². The van der Waals surface area contributed by atoms with Gasteiger partial charge in [-0.15, -0.1) is 0 Å². The van der Waals surface area contributed by atoms with Gasteiger partial charge in [0.15, 0.2) is 5.16 Å². The Morgan fingerprint density at radius 3 is 2.24 bits per heavy atom. The largest absolute Gasteiger partial charge is 0.374 e. The van der Waals surface area contributed by atoms with Crippen LogP contribution in [0.25, 0.3) is 0 Å². The standard InChI is InChI=1S/C30H46N4O3S.C5H12.C2H6/c1-8-10-14-28(35)33(6)17-16-23(4)37-21-25-12-11-13-26(19-25)34(18-15-22(3)9-2)29(36)27-20-31-30(38-7)32-24(27)5;1-5(2,3)4;1-2/h11-13,19-20,22-23H,8-10,14-18,21H2,1-7H3;1-4H3;1-2H3. The lowest BCUT2D eigenvalue weighted by molar-refractivity contribution is -0.130. The van der Waals surface area contributed by atoms with Crippen molar-refractivity contribution in [2.24, 2.45) is 11.3 Å². The number of hydrogen-bond donors (Lipinski definition) is 0. The summed E-state index contributed by atoms with van der Waals surface area (Å²) in [6, 6.07) is 8.01. The van der Waals surface area contributed by atoms with E-state index in [1.54, 1.807) is 11.1 Å². The summed E-state index contributed by atoms with van der Waals surface area (Å²) in [5.41, 5.74) is 3.57. The van der Waals surface area contributed by atoms with Gasteiger partial charge in [-0.1, -0.05) is 99.0 Å². The van der Waals surface area contributed by atoms with Crippen molar-refractivity contribution in [1.29, 1.82) is 0 Å². The van der Waals surface area contributed by atoms with Crippen LogP contribution in [0.2, 0.25) is 0 Å². The van der Waals surface area contributed by atoms with Crippen LogP contribution in [0, 0.1) is 18.3 Å². The van der Waals surface area contributed by atoms with Crippen LogP contribution in [0.1, 0.15) is 129 Å². The number of unbranched alkanes of at least 4 members (excludes halogenated alkanes) is 1. The number of nitrogens with zero attached hydrogens (tertiary/aromatic N) is 4. The number of aryl methyl sites for hydroxylation is 1. The molecule has 0 radical (unpaired) electrons. The van der Waals surface area contributed by atoms with Crippen molar-refractivity contribution in [2.45, 2.75) is 133 Å². The van der Waals surface area contributed by atoms with Gasteiger partial charge in [0.25, 0.3) is 5.91 Å². The zero-order valence-corrected chi connectivity index (χ0v) is 31.6. The summed E-state index contributed by atoms with van der Waals surface area (Å²) in [5.74, 6) is 0.624. The zero-order chi connectivity index (χ0) is 34.6. The lowest BCUT2D eigenvalue weighted by Crippen LogP contribution is -2.33. The summed E-state index contributed by atoms with van der Waals surface area (Å²) in [5, 5.41) is 0.662. The highest BCUT2D eigenvalue weighted by Crippen LogP contribution is 2.23. The first-order chi connectivity index (χ1) is 21.2. The maximum absolute atomic E-state index is 13.7. The smallest absolute Gasteiger partial charge is 0.261 e. The summed E-state index contributed by atoms with van der Waals surface area (Å²) in [4.78, 5) is 38.3. The highest BCUT2D eigenvalue weighted by atomic mass is 32.2. The average Bonchev–Trinajstić information content (AvgIpc) is 3.01. The monoisotopic (exact) mass is 644 g/mol. The maximum Gasteiger partial charge on any atom is 0.261 e. The van der Waals surface area contributed by atoms with E-state index in [-0.39, 0.29) is 17.9 Å². The molecule has 0 fully saturated rings.